The molecule has 1 spiro atoms. The molecule has 41 heavy (non-hydrogen) atoms. The summed E-state index contributed by atoms with van der Waals surface area (Å²) in [5, 5.41) is 2.64. The molecule has 1 aromatic heterocycles. The molecule has 8 heteroatoms. The minimum absolute atomic E-state index is 0.0113. The van der Waals surface area contributed by atoms with E-state index in [1.807, 2.05) is 24.2 Å². The Morgan fingerprint density at radius 1 is 0.951 bits per heavy atom. The van der Waals surface area contributed by atoms with Crippen molar-refractivity contribution in [3.8, 4) is 0 Å². The van der Waals surface area contributed by atoms with Crippen LogP contribution in [0.1, 0.15) is 32.8 Å². The number of thioether (sulfide) groups is 1. The van der Waals surface area contributed by atoms with Gasteiger partial charge in [0.25, 0.3) is 8.32 Å². The lowest BCUT2D eigenvalue weighted by Gasteiger charge is -2.43. The molecule has 2 aliphatic rings. The number of aromatic nitrogens is 2. The maximum Gasteiger partial charge on any atom is 0.261 e. The molecule has 3 heterocycles. The van der Waals surface area contributed by atoms with Gasteiger partial charge in [0, 0.05) is 41.9 Å². The molecule has 6 rings (SSSR count). The van der Waals surface area contributed by atoms with E-state index in [1.54, 1.807) is 0 Å². The Balaban J connectivity index is 1.17. The number of anilines is 2. The Labute approximate surface area is 257 Å². The lowest BCUT2D eigenvalue weighted by molar-refractivity contribution is -0.0507. The van der Waals surface area contributed by atoms with Gasteiger partial charge in [-0.2, -0.15) is 0 Å². The highest BCUT2D eigenvalue weighted by molar-refractivity contribution is 9.10. The highest BCUT2D eigenvalue weighted by Crippen LogP contribution is 2.48. The normalized spacial score (nSPS) is 16.0. The van der Waals surface area contributed by atoms with Crippen molar-refractivity contribution < 1.29 is 9.16 Å². The smallest absolute Gasteiger partial charge is 0.261 e. The summed E-state index contributed by atoms with van der Waals surface area (Å²) < 4.78 is 13.6. The Morgan fingerprint density at radius 3 is 2.15 bits per heavy atom. The Kier molecular flexibility index (Phi) is 8.13. The van der Waals surface area contributed by atoms with Gasteiger partial charge in [0.05, 0.1) is 23.1 Å². The molecular formula is C33H36BrN3O2SSi. The van der Waals surface area contributed by atoms with E-state index in [0.29, 0.717) is 0 Å². The third-order valence-corrected chi connectivity index (χ3v) is 14.7. The average Bonchev–Trinajstić information content (AvgIpc) is 3.31. The summed E-state index contributed by atoms with van der Waals surface area (Å²) in [4.78, 5) is 12.7. The van der Waals surface area contributed by atoms with Crippen LogP contribution < -0.4 is 15.3 Å². The van der Waals surface area contributed by atoms with Crippen molar-refractivity contribution in [3.63, 3.8) is 0 Å². The molecule has 2 aliphatic heterocycles. The molecule has 5 nitrogen and oxygen atoms in total. The average molecular weight is 647 g/mol. The predicted molar refractivity (Wildman–Crippen MR) is 175 cm³/mol. The number of fused-ring (bicyclic) bond motifs is 2. The monoisotopic (exact) mass is 645 g/mol. The number of rotatable bonds is 9. The molecule has 0 bridgehead atoms. The predicted octanol–water partition coefficient (Wildman–Crippen LogP) is 6.72. The number of hydrogen-bond acceptors (Lipinski definition) is 6. The Hall–Kier alpha value is -2.49. The van der Waals surface area contributed by atoms with E-state index in [1.165, 1.54) is 26.5 Å². The quantitative estimate of drug-likeness (QED) is 0.114. The summed E-state index contributed by atoms with van der Waals surface area (Å²) >= 11 is 5.35. The van der Waals surface area contributed by atoms with E-state index in [9.17, 15) is 0 Å². The molecule has 3 aromatic carbocycles. The van der Waals surface area contributed by atoms with Crippen LogP contribution in [-0.2, 0) is 14.6 Å². The zero-order valence-corrected chi connectivity index (χ0v) is 27.2. The van der Waals surface area contributed by atoms with Gasteiger partial charge < -0.3 is 14.1 Å². The SMILES string of the molecule is CC(C)(C)[Si](OCCCSc1ccc2c(c1)N(c1ncc(Br)cn1)CC21COC1)(c1ccccc1)c1ccccc1. The topological polar surface area (TPSA) is 47.5 Å². The van der Waals surface area contributed by atoms with Crippen LogP contribution >= 0.6 is 27.7 Å². The van der Waals surface area contributed by atoms with Gasteiger partial charge in [-0.15, -0.1) is 11.8 Å². The molecule has 212 valence electrons. The van der Waals surface area contributed by atoms with Crippen LogP contribution in [0.5, 0.6) is 0 Å². The molecule has 0 radical (unpaired) electrons. The summed E-state index contributed by atoms with van der Waals surface area (Å²) in [6, 6.07) is 28.6. The Morgan fingerprint density at radius 2 is 1.59 bits per heavy atom. The van der Waals surface area contributed by atoms with Gasteiger partial charge >= 0.3 is 0 Å². The van der Waals surface area contributed by atoms with Crippen LogP contribution in [0.2, 0.25) is 5.04 Å². The number of hydrogen-bond donors (Lipinski definition) is 0. The first kappa shape index (κ1) is 28.6. The second kappa shape index (κ2) is 11.6. The molecule has 4 aromatic rings. The molecule has 0 N–H and O–H groups in total. The van der Waals surface area contributed by atoms with Crippen LogP contribution in [0.25, 0.3) is 0 Å². The van der Waals surface area contributed by atoms with Crippen LogP contribution in [0.3, 0.4) is 0 Å². The van der Waals surface area contributed by atoms with Crippen molar-refractivity contribution in [1.29, 1.82) is 0 Å². The molecule has 0 aliphatic carbocycles. The van der Waals surface area contributed by atoms with Gasteiger partial charge in [0.1, 0.15) is 0 Å². The van der Waals surface area contributed by atoms with E-state index < -0.39 is 8.32 Å². The van der Waals surface area contributed by atoms with Gasteiger partial charge in [-0.1, -0.05) is 87.5 Å². The maximum absolute atomic E-state index is 7.10. The lowest BCUT2D eigenvalue weighted by atomic mass is 9.81. The second-order valence-electron chi connectivity index (χ2n) is 12.0. The lowest BCUT2D eigenvalue weighted by Crippen LogP contribution is -2.66. The molecule has 0 amide bonds. The van der Waals surface area contributed by atoms with Gasteiger partial charge in [-0.05, 0) is 55.5 Å². The summed E-state index contributed by atoms with van der Waals surface area (Å²) in [5.41, 5.74) is 2.58. The largest absolute Gasteiger partial charge is 0.407 e. The zero-order chi connectivity index (χ0) is 28.5. The molecule has 0 saturated carbocycles. The van der Waals surface area contributed by atoms with Gasteiger partial charge in [0.15, 0.2) is 0 Å². The minimum Gasteiger partial charge on any atom is -0.407 e. The fraction of sp³-hybridized carbons (Fsp3) is 0.333. The number of benzene rings is 3. The second-order valence-corrected chi connectivity index (χ2v) is 18.3. The van der Waals surface area contributed by atoms with Crippen LogP contribution in [-0.4, -0.2) is 50.4 Å². The number of halogens is 1. The van der Waals surface area contributed by atoms with Crippen molar-refractivity contribution in [1.82, 2.24) is 9.97 Å². The van der Waals surface area contributed by atoms with E-state index in [-0.39, 0.29) is 10.5 Å². The summed E-state index contributed by atoms with van der Waals surface area (Å²) in [7, 11) is -2.50. The molecule has 0 atom stereocenters. The zero-order valence-electron chi connectivity index (χ0n) is 23.8. The van der Waals surface area contributed by atoms with E-state index in [4.69, 9.17) is 9.16 Å². The van der Waals surface area contributed by atoms with Crippen LogP contribution in [0.15, 0.2) is 101 Å². The van der Waals surface area contributed by atoms with Crippen LogP contribution in [0.4, 0.5) is 11.6 Å². The minimum atomic E-state index is -2.50. The molecule has 1 saturated heterocycles. The summed E-state index contributed by atoms with van der Waals surface area (Å²) in [6.07, 6.45) is 4.60. The summed E-state index contributed by atoms with van der Waals surface area (Å²) in [6.45, 7) is 10.1. The summed E-state index contributed by atoms with van der Waals surface area (Å²) in [5.74, 6) is 1.72. The molecular weight excluding hydrogens is 610 g/mol. The van der Waals surface area contributed by atoms with Crippen molar-refractivity contribution >= 4 is 58.0 Å². The van der Waals surface area contributed by atoms with E-state index >= 15 is 0 Å². The van der Waals surface area contributed by atoms with Gasteiger partial charge in [-0.3, -0.25) is 0 Å². The fourth-order valence-electron chi connectivity index (χ4n) is 6.20. The first-order valence-electron chi connectivity index (χ1n) is 14.2. The van der Waals surface area contributed by atoms with E-state index in [2.05, 4.69) is 130 Å². The fourth-order valence-corrected chi connectivity index (χ4v) is 11.9. The first-order chi connectivity index (χ1) is 19.8. The van der Waals surface area contributed by atoms with Gasteiger partial charge in [0.2, 0.25) is 5.95 Å². The highest BCUT2D eigenvalue weighted by Gasteiger charge is 2.50. The third-order valence-electron chi connectivity index (χ3n) is 8.19. The van der Waals surface area contributed by atoms with Crippen LogP contribution in [0, 0.1) is 0 Å². The van der Waals surface area contributed by atoms with Crippen molar-refractivity contribution in [2.45, 2.75) is 42.5 Å². The number of ether oxygens (including phenoxy) is 1. The highest BCUT2D eigenvalue weighted by atomic mass is 79.9. The standard InChI is InChI=1S/C33H36BrN3O2SSi/c1-32(2,3)41(27-11-6-4-7-12-27,28-13-8-5-9-14-28)39-17-10-18-40-26-15-16-29-30(19-26)37(22-33(29)23-38-24-33)31-35-20-25(34)21-36-31/h4-9,11-16,19-21H,10,17-18,22-24H2,1-3H3. The van der Waals surface area contributed by atoms with E-state index in [0.717, 1.165) is 49.0 Å². The Bertz CT molecular complexity index is 1440. The molecule has 1 fully saturated rings. The molecule has 0 unspecified atom stereocenters. The van der Waals surface area contributed by atoms with Crippen molar-refractivity contribution in [2.75, 3.05) is 37.0 Å². The number of nitrogens with zero attached hydrogens (tertiary/aromatic N) is 3. The maximum atomic E-state index is 7.10. The van der Waals surface area contributed by atoms with Crippen molar-refractivity contribution in [2.24, 2.45) is 0 Å². The third kappa shape index (κ3) is 5.41. The van der Waals surface area contributed by atoms with Crippen molar-refractivity contribution in [3.05, 3.63) is 101 Å². The van der Waals surface area contributed by atoms with Gasteiger partial charge in [-0.25, -0.2) is 9.97 Å². The first-order valence-corrected chi connectivity index (χ1v) is 17.9.